The lowest BCUT2D eigenvalue weighted by molar-refractivity contribution is -0.166. The third-order valence-electron chi connectivity index (χ3n) is 3.33. The number of ether oxygens (including phenoxy) is 1. The van der Waals surface area contributed by atoms with Crippen molar-refractivity contribution >= 4 is 17.8 Å². The van der Waals surface area contributed by atoms with Crippen LogP contribution >= 0.6 is 0 Å². The zero-order valence-electron chi connectivity index (χ0n) is 12.6. The van der Waals surface area contributed by atoms with Gasteiger partial charge in [0.25, 0.3) is 0 Å². The lowest BCUT2D eigenvalue weighted by Gasteiger charge is -2.35. The van der Waals surface area contributed by atoms with Crippen molar-refractivity contribution in [1.82, 2.24) is 10.2 Å². The average molecular weight is 300 g/mol. The van der Waals surface area contributed by atoms with Gasteiger partial charge in [-0.15, -0.1) is 0 Å². The molecule has 2 N–H and O–H groups in total. The van der Waals surface area contributed by atoms with Crippen LogP contribution in [0.3, 0.4) is 0 Å². The minimum atomic E-state index is -1.03. The fraction of sp³-hybridized carbons (Fsp3) is 0.786. The van der Waals surface area contributed by atoms with E-state index in [1.54, 1.807) is 11.8 Å². The van der Waals surface area contributed by atoms with Crippen LogP contribution in [0.1, 0.15) is 39.5 Å². The third-order valence-corrected chi connectivity index (χ3v) is 3.33. The minimum Gasteiger partial charge on any atom is -0.479 e. The number of hydrogen-bond acceptors (Lipinski definition) is 4. The molecule has 0 aromatic rings. The topological polar surface area (TPSA) is 95.9 Å². The number of carboxylic acid groups (broad SMARTS) is 1. The van der Waals surface area contributed by atoms with Gasteiger partial charge in [-0.3, -0.25) is 9.59 Å². The van der Waals surface area contributed by atoms with Gasteiger partial charge < -0.3 is 20.1 Å². The van der Waals surface area contributed by atoms with Crippen LogP contribution in [0.25, 0.3) is 0 Å². The van der Waals surface area contributed by atoms with E-state index < -0.39 is 12.1 Å². The molecule has 7 heteroatoms. The van der Waals surface area contributed by atoms with Crippen LogP contribution in [0.5, 0.6) is 0 Å². The molecule has 0 aromatic heterocycles. The molecule has 1 aliphatic rings. The van der Waals surface area contributed by atoms with E-state index in [2.05, 4.69) is 5.32 Å². The fourth-order valence-electron chi connectivity index (χ4n) is 2.29. The standard InChI is InChI=1S/C14H24N2O5/c1-10-8-16(9-12(21-10)14(19)20)13(18)6-4-3-5-7-15-11(2)17/h10,12H,3-9H2,1-2H3,(H,15,17)(H,19,20)/t10-,12?/m1/s1. The number of amides is 2. The van der Waals surface area contributed by atoms with Crippen molar-refractivity contribution in [2.45, 2.75) is 51.7 Å². The Morgan fingerprint density at radius 1 is 1.24 bits per heavy atom. The van der Waals surface area contributed by atoms with Gasteiger partial charge in [0.05, 0.1) is 12.6 Å². The normalized spacial score (nSPS) is 21.9. The molecule has 21 heavy (non-hydrogen) atoms. The summed E-state index contributed by atoms with van der Waals surface area (Å²) in [5.74, 6) is -1.11. The van der Waals surface area contributed by atoms with E-state index >= 15 is 0 Å². The maximum absolute atomic E-state index is 12.1. The molecule has 0 aliphatic carbocycles. The van der Waals surface area contributed by atoms with E-state index in [1.807, 2.05) is 0 Å². The van der Waals surface area contributed by atoms with Gasteiger partial charge in [0.1, 0.15) is 0 Å². The molecular weight excluding hydrogens is 276 g/mol. The molecule has 2 atom stereocenters. The Labute approximate surface area is 124 Å². The van der Waals surface area contributed by atoms with E-state index in [4.69, 9.17) is 9.84 Å². The molecule has 1 unspecified atom stereocenters. The van der Waals surface area contributed by atoms with Crippen molar-refractivity contribution in [2.75, 3.05) is 19.6 Å². The molecule has 7 nitrogen and oxygen atoms in total. The average Bonchev–Trinajstić information content (AvgIpc) is 2.41. The van der Waals surface area contributed by atoms with Gasteiger partial charge in [-0.2, -0.15) is 0 Å². The molecule has 1 heterocycles. The lowest BCUT2D eigenvalue weighted by Crippen LogP contribution is -2.51. The number of nitrogens with one attached hydrogen (secondary N) is 1. The summed E-state index contributed by atoms with van der Waals surface area (Å²) in [4.78, 5) is 35.3. The van der Waals surface area contributed by atoms with Crippen molar-refractivity contribution < 1.29 is 24.2 Å². The summed E-state index contributed by atoms with van der Waals surface area (Å²) in [6, 6.07) is 0. The summed E-state index contributed by atoms with van der Waals surface area (Å²) in [7, 11) is 0. The van der Waals surface area contributed by atoms with Gasteiger partial charge in [0.2, 0.25) is 11.8 Å². The van der Waals surface area contributed by atoms with Crippen molar-refractivity contribution in [3.05, 3.63) is 0 Å². The first-order valence-corrected chi connectivity index (χ1v) is 7.30. The Kier molecular flexibility index (Phi) is 7.14. The number of morpholine rings is 1. The highest BCUT2D eigenvalue weighted by atomic mass is 16.5. The number of unbranched alkanes of at least 4 members (excludes halogenated alkanes) is 2. The molecule has 0 radical (unpaired) electrons. The highest BCUT2D eigenvalue weighted by Gasteiger charge is 2.32. The molecule has 0 aromatic carbocycles. The molecule has 0 saturated carbocycles. The second kappa shape index (κ2) is 8.61. The number of aliphatic carboxylic acids is 1. The summed E-state index contributed by atoms with van der Waals surface area (Å²) >= 11 is 0. The van der Waals surface area contributed by atoms with E-state index in [1.165, 1.54) is 6.92 Å². The third kappa shape index (κ3) is 6.57. The molecule has 0 bridgehead atoms. The van der Waals surface area contributed by atoms with E-state index in [0.717, 1.165) is 19.3 Å². The predicted octanol–water partition coefficient (Wildman–Crippen LogP) is 0.383. The number of rotatable bonds is 7. The van der Waals surface area contributed by atoms with Crippen LogP contribution in [-0.2, 0) is 19.1 Å². The Balaban J connectivity index is 2.24. The smallest absolute Gasteiger partial charge is 0.334 e. The van der Waals surface area contributed by atoms with Crippen LogP contribution in [0.4, 0.5) is 0 Å². The van der Waals surface area contributed by atoms with Crippen LogP contribution < -0.4 is 5.32 Å². The fourth-order valence-corrected chi connectivity index (χ4v) is 2.29. The van der Waals surface area contributed by atoms with E-state index in [0.29, 0.717) is 19.5 Å². The van der Waals surface area contributed by atoms with Crippen molar-refractivity contribution in [1.29, 1.82) is 0 Å². The highest BCUT2D eigenvalue weighted by Crippen LogP contribution is 2.13. The minimum absolute atomic E-state index is 0.0315. The first-order valence-electron chi connectivity index (χ1n) is 7.30. The molecule has 2 amide bonds. The number of carbonyl (C=O) groups is 3. The lowest BCUT2D eigenvalue weighted by atomic mass is 10.1. The Morgan fingerprint density at radius 2 is 1.95 bits per heavy atom. The second-order valence-corrected chi connectivity index (χ2v) is 5.37. The second-order valence-electron chi connectivity index (χ2n) is 5.37. The number of carboxylic acids is 1. The van der Waals surface area contributed by atoms with Gasteiger partial charge in [0.15, 0.2) is 6.10 Å². The van der Waals surface area contributed by atoms with Gasteiger partial charge in [-0.25, -0.2) is 4.79 Å². The van der Waals surface area contributed by atoms with Crippen molar-refractivity contribution in [2.24, 2.45) is 0 Å². The molecule has 0 spiro atoms. The number of carbonyl (C=O) groups excluding carboxylic acids is 2. The van der Waals surface area contributed by atoms with Gasteiger partial charge >= 0.3 is 5.97 Å². The van der Waals surface area contributed by atoms with E-state index in [-0.39, 0.29) is 24.5 Å². The first-order chi connectivity index (χ1) is 9.90. The maximum Gasteiger partial charge on any atom is 0.334 e. The highest BCUT2D eigenvalue weighted by molar-refractivity contribution is 5.78. The predicted molar refractivity (Wildman–Crippen MR) is 75.7 cm³/mol. The van der Waals surface area contributed by atoms with Crippen LogP contribution in [0, 0.1) is 0 Å². The Hall–Kier alpha value is -1.63. The van der Waals surface area contributed by atoms with E-state index in [9.17, 15) is 14.4 Å². The monoisotopic (exact) mass is 300 g/mol. The summed E-state index contributed by atoms with van der Waals surface area (Å²) in [6.45, 7) is 4.42. The van der Waals surface area contributed by atoms with Crippen molar-refractivity contribution in [3.63, 3.8) is 0 Å². The van der Waals surface area contributed by atoms with Crippen LogP contribution in [-0.4, -0.2) is 59.6 Å². The van der Waals surface area contributed by atoms with Gasteiger partial charge in [-0.05, 0) is 19.8 Å². The summed E-state index contributed by atoms with van der Waals surface area (Å²) in [5.41, 5.74) is 0. The molecule has 120 valence electrons. The van der Waals surface area contributed by atoms with Crippen LogP contribution in [0.15, 0.2) is 0 Å². The summed E-state index contributed by atoms with van der Waals surface area (Å²) < 4.78 is 5.27. The molecule has 1 rings (SSSR count). The largest absolute Gasteiger partial charge is 0.479 e. The quantitative estimate of drug-likeness (QED) is 0.663. The first kappa shape index (κ1) is 17.4. The van der Waals surface area contributed by atoms with Crippen molar-refractivity contribution in [3.8, 4) is 0 Å². The zero-order chi connectivity index (χ0) is 15.8. The number of hydrogen-bond donors (Lipinski definition) is 2. The summed E-state index contributed by atoms with van der Waals surface area (Å²) in [5, 5.41) is 11.7. The molecular formula is C14H24N2O5. The zero-order valence-corrected chi connectivity index (χ0v) is 12.6. The van der Waals surface area contributed by atoms with Gasteiger partial charge in [-0.1, -0.05) is 6.42 Å². The SMILES string of the molecule is CC(=O)NCCCCCC(=O)N1CC(C(=O)O)O[C@H](C)C1. The molecule has 1 fully saturated rings. The molecule has 1 saturated heterocycles. The van der Waals surface area contributed by atoms with Gasteiger partial charge in [0, 0.05) is 26.4 Å². The van der Waals surface area contributed by atoms with Crippen LogP contribution in [0.2, 0.25) is 0 Å². The summed E-state index contributed by atoms with van der Waals surface area (Å²) in [6.07, 6.45) is 1.64. The molecule has 1 aliphatic heterocycles. The maximum atomic E-state index is 12.1. The number of nitrogens with zero attached hydrogens (tertiary/aromatic N) is 1. The Morgan fingerprint density at radius 3 is 2.57 bits per heavy atom. The Bertz CT molecular complexity index is 386.